The number of rotatable bonds is 7. The number of amides is 1. The number of anilines is 1. The van der Waals surface area contributed by atoms with Crippen molar-refractivity contribution < 1.29 is 13.2 Å². The Balaban J connectivity index is 1.39. The fraction of sp³-hybridized carbons (Fsp3) is 0.240. The van der Waals surface area contributed by atoms with Crippen molar-refractivity contribution in [1.29, 1.82) is 0 Å². The minimum Gasteiger partial charge on any atom is -0.325 e. The molecule has 1 N–H and O–H groups in total. The molecule has 5 nitrogen and oxygen atoms in total. The summed E-state index contributed by atoms with van der Waals surface area (Å²) in [5, 5.41) is 2.94. The molecule has 1 heterocycles. The predicted octanol–water partition coefficient (Wildman–Crippen LogP) is 4.61. The van der Waals surface area contributed by atoms with Gasteiger partial charge in [-0.15, -0.1) is 11.8 Å². The molecule has 0 spiro atoms. The average Bonchev–Trinajstić information content (AvgIpc) is 2.79. The molecule has 7 heteroatoms. The van der Waals surface area contributed by atoms with E-state index in [9.17, 15) is 13.2 Å². The van der Waals surface area contributed by atoms with E-state index in [0.717, 1.165) is 22.4 Å². The number of aryl methyl sites for hydroxylation is 1. The molecule has 3 aromatic rings. The van der Waals surface area contributed by atoms with Crippen LogP contribution in [0.2, 0.25) is 0 Å². The average molecular weight is 467 g/mol. The number of hydrogen-bond acceptors (Lipinski definition) is 4. The fourth-order valence-electron chi connectivity index (χ4n) is 3.71. The van der Waals surface area contributed by atoms with E-state index in [1.54, 1.807) is 23.9 Å². The number of sulfonamides is 1. The molecule has 0 unspecified atom stereocenters. The van der Waals surface area contributed by atoms with Crippen molar-refractivity contribution in [2.75, 3.05) is 17.6 Å². The van der Waals surface area contributed by atoms with Gasteiger partial charge in [0, 0.05) is 24.5 Å². The zero-order valence-electron chi connectivity index (χ0n) is 18.0. The second-order valence-electron chi connectivity index (χ2n) is 7.91. The third kappa shape index (κ3) is 5.41. The Bertz CT molecular complexity index is 1190. The first-order valence-corrected chi connectivity index (χ1v) is 13.1. The largest absolute Gasteiger partial charge is 0.325 e. The third-order valence-corrected chi connectivity index (χ3v) is 8.33. The molecule has 0 atom stereocenters. The van der Waals surface area contributed by atoms with Crippen LogP contribution >= 0.6 is 11.8 Å². The van der Waals surface area contributed by atoms with Crippen LogP contribution in [0.15, 0.2) is 77.7 Å². The first-order chi connectivity index (χ1) is 15.4. The molecule has 0 aliphatic carbocycles. The molecule has 3 aromatic carbocycles. The Morgan fingerprint density at radius 3 is 2.50 bits per heavy atom. The smallest absolute Gasteiger partial charge is 0.243 e. The highest BCUT2D eigenvalue weighted by Gasteiger charge is 2.28. The molecule has 0 aromatic heterocycles. The Morgan fingerprint density at radius 1 is 1.00 bits per heavy atom. The van der Waals surface area contributed by atoms with Crippen molar-refractivity contribution in [3.05, 3.63) is 95.1 Å². The van der Waals surface area contributed by atoms with E-state index in [4.69, 9.17) is 0 Å². The first kappa shape index (κ1) is 22.6. The van der Waals surface area contributed by atoms with Gasteiger partial charge in [-0.25, -0.2) is 8.42 Å². The summed E-state index contributed by atoms with van der Waals surface area (Å²) < 4.78 is 27.6. The molecule has 1 aliphatic heterocycles. The van der Waals surface area contributed by atoms with Gasteiger partial charge >= 0.3 is 0 Å². The lowest BCUT2D eigenvalue weighted by Crippen LogP contribution is -2.36. The van der Waals surface area contributed by atoms with E-state index in [1.807, 2.05) is 67.6 Å². The van der Waals surface area contributed by atoms with Crippen molar-refractivity contribution in [2.45, 2.75) is 30.5 Å². The summed E-state index contributed by atoms with van der Waals surface area (Å²) in [6, 6.07) is 22.8. The molecule has 166 valence electrons. The van der Waals surface area contributed by atoms with Gasteiger partial charge in [0.15, 0.2) is 0 Å². The quantitative estimate of drug-likeness (QED) is 0.552. The number of carbonyl (C=O) groups is 1. The van der Waals surface area contributed by atoms with Crippen LogP contribution in [0.1, 0.15) is 22.3 Å². The van der Waals surface area contributed by atoms with E-state index in [-0.39, 0.29) is 5.91 Å². The van der Waals surface area contributed by atoms with Gasteiger partial charge in [0.1, 0.15) is 0 Å². The van der Waals surface area contributed by atoms with Crippen LogP contribution in [-0.2, 0) is 33.5 Å². The van der Waals surface area contributed by atoms with Gasteiger partial charge in [-0.3, -0.25) is 4.79 Å². The van der Waals surface area contributed by atoms with Gasteiger partial charge in [0.05, 0.1) is 10.6 Å². The zero-order valence-corrected chi connectivity index (χ0v) is 19.6. The van der Waals surface area contributed by atoms with Crippen LogP contribution in [0.25, 0.3) is 0 Å². The van der Waals surface area contributed by atoms with Gasteiger partial charge in [-0.05, 0) is 54.3 Å². The molecule has 0 radical (unpaired) electrons. The summed E-state index contributed by atoms with van der Waals surface area (Å²) in [7, 11) is -3.55. The molecule has 4 rings (SSSR count). The molecule has 1 amide bonds. The molecular weight excluding hydrogens is 440 g/mol. The second kappa shape index (κ2) is 9.90. The summed E-state index contributed by atoms with van der Waals surface area (Å²) in [6.45, 7) is 2.69. The van der Waals surface area contributed by atoms with Crippen molar-refractivity contribution in [3.8, 4) is 0 Å². The maximum absolute atomic E-state index is 13.1. The van der Waals surface area contributed by atoms with Gasteiger partial charge < -0.3 is 5.32 Å². The van der Waals surface area contributed by atoms with E-state index >= 15 is 0 Å². The van der Waals surface area contributed by atoms with Crippen LogP contribution in [0.5, 0.6) is 0 Å². The number of carbonyl (C=O) groups excluding carboxylic acids is 1. The summed E-state index contributed by atoms with van der Waals surface area (Å²) in [5.74, 6) is 1.08. The standard InChI is InChI=1S/C25H26N2O3S2/c1-19-7-11-24(12-8-19)32(29,30)27-14-13-21-9-10-23(15-22(21)16-27)26-25(28)18-31-17-20-5-3-2-4-6-20/h2-12,15H,13-14,16-18H2,1H3,(H,26,28). The Hall–Kier alpha value is -2.61. The minimum absolute atomic E-state index is 0.0641. The lowest BCUT2D eigenvalue weighted by atomic mass is 10.0. The van der Waals surface area contributed by atoms with Crippen molar-refractivity contribution >= 4 is 33.4 Å². The van der Waals surface area contributed by atoms with E-state index in [1.165, 1.54) is 9.87 Å². The molecule has 32 heavy (non-hydrogen) atoms. The van der Waals surface area contributed by atoms with E-state index < -0.39 is 10.0 Å². The molecule has 1 aliphatic rings. The normalized spacial score (nSPS) is 14.0. The Kier molecular flexibility index (Phi) is 6.98. The third-order valence-electron chi connectivity index (χ3n) is 5.47. The Morgan fingerprint density at radius 2 is 1.75 bits per heavy atom. The number of hydrogen-bond donors (Lipinski definition) is 1. The highest BCUT2D eigenvalue weighted by Crippen LogP contribution is 2.27. The lowest BCUT2D eigenvalue weighted by Gasteiger charge is -2.28. The van der Waals surface area contributed by atoms with Gasteiger partial charge in [0.25, 0.3) is 0 Å². The summed E-state index contributed by atoms with van der Waals surface area (Å²) in [5.41, 5.74) is 4.96. The minimum atomic E-state index is -3.55. The number of fused-ring (bicyclic) bond motifs is 1. The van der Waals surface area contributed by atoms with E-state index in [2.05, 4.69) is 5.32 Å². The summed E-state index contributed by atoms with van der Waals surface area (Å²) in [6.07, 6.45) is 0.654. The van der Waals surface area contributed by atoms with Crippen LogP contribution < -0.4 is 5.32 Å². The van der Waals surface area contributed by atoms with Crippen molar-refractivity contribution in [2.24, 2.45) is 0 Å². The second-order valence-corrected chi connectivity index (χ2v) is 10.8. The fourth-order valence-corrected chi connectivity index (χ4v) is 5.91. The van der Waals surface area contributed by atoms with Gasteiger partial charge in [0.2, 0.25) is 15.9 Å². The van der Waals surface area contributed by atoms with Crippen molar-refractivity contribution in [1.82, 2.24) is 4.31 Å². The lowest BCUT2D eigenvalue weighted by molar-refractivity contribution is -0.113. The topological polar surface area (TPSA) is 66.5 Å². The summed E-state index contributed by atoms with van der Waals surface area (Å²) in [4.78, 5) is 12.7. The molecule has 0 saturated carbocycles. The number of nitrogens with one attached hydrogen (secondary N) is 1. The highest BCUT2D eigenvalue weighted by molar-refractivity contribution is 7.99. The summed E-state index contributed by atoms with van der Waals surface area (Å²) >= 11 is 1.57. The number of thioether (sulfide) groups is 1. The van der Waals surface area contributed by atoms with E-state index in [0.29, 0.717) is 35.8 Å². The molecule has 0 bridgehead atoms. The molecule has 0 saturated heterocycles. The van der Waals surface area contributed by atoms with Gasteiger partial charge in [-0.1, -0.05) is 54.1 Å². The number of nitrogens with zero attached hydrogens (tertiary/aromatic N) is 1. The predicted molar refractivity (Wildman–Crippen MR) is 130 cm³/mol. The first-order valence-electron chi connectivity index (χ1n) is 10.5. The SMILES string of the molecule is Cc1ccc(S(=O)(=O)N2CCc3ccc(NC(=O)CSCc4ccccc4)cc3C2)cc1. The zero-order chi connectivity index (χ0) is 22.6. The highest BCUT2D eigenvalue weighted by atomic mass is 32.2. The van der Waals surface area contributed by atoms with Gasteiger partial charge in [-0.2, -0.15) is 4.31 Å². The van der Waals surface area contributed by atoms with Crippen LogP contribution in [0.3, 0.4) is 0 Å². The monoisotopic (exact) mass is 466 g/mol. The van der Waals surface area contributed by atoms with Crippen LogP contribution in [0, 0.1) is 6.92 Å². The Labute approximate surface area is 193 Å². The molecular formula is C25H26N2O3S2. The maximum atomic E-state index is 13.1. The van der Waals surface area contributed by atoms with Crippen LogP contribution in [0.4, 0.5) is 5.69 Å². The number of benzene rings is 3. The van der Waals surface area contributed by atoms with Crippen molar-refractivity contribution in [3.63, 3.8) is 0 Å². The maximum Gasteiger partial charge on any atom is 0.243 e. The van der Waals surface area contributed by atoms with Crippen LogP contribution in [-0.4, -0.2) is 30.9 Å². The molecule has 0 fully saturated rings.